The lowest BCUT2D eigenvalue weighted by Crippen LogP contribution is -2.26. The third-order valence-electron chi connectivity index (χ3n) is 1.77. The number of hydrogen-bond donors (Lipinski definition) is 1. The van der Waals surface area contributed by atoms with Crippen LogP contribution < -0.4 is 0 Å². The zero-order valence-electron chi connectivity index (χ0n) is 11.1. The molecule has 0 saturated carbocycles. The third kappa shape index (κ3) is 20.6. The Kier molecular flexibility index (Phi) is 12.2. The van der Waals surface area contributed by atoms with Crippen LogP contribution in [0.5, 0.6) is 0 Å². The molecule has 0 aliphatic heterocycles. The lowest BCUT2D eigenvalue weighted by molar-refractivity contribution is -0.324. The summed E-state index contributed by atoms with van der Waals surface area (Å²) in [5.74, 6) is -0.758. The van der Waals surface area contributed by atoms with Crippen molar-refractivity contribution in [2.24, 2.45) is 0 Å². The van der Waals surface area contributed by atoms with E-state index in [9.17, 15) is 18.0 Å². The number of unbranched alkanes of at least 4 members (excludes halogenated alkanes) is 1. The Morgan fingerprint density at radius 2 is 1.83 bits per heavy atom. The molecule has 0 amide bonds. The summed E-state index contributed by atoms with van der Waals surface area (Å²) in [5.41, 5.74) is 0. The first-order valence-corrected chi connectivity index (χ1v) is 5.83. The van der Waals surface area contributed by atoms with E-state index < -0.39 is 12.3 Å². The first-order valence-electron chi connectivity index (χ1n) is 5.83. The van der Waals surface area contributed by atoms with Crippen molar-refractivity contribution in [1.82, 2.24) is 4.90 Å². The van der Waals surface area contributed by atoms with Crippen molar-refractivity contribution in [2.45, 2.75) is 39.5 Å². The highest BCUT2D eigenvalue weighted by atomic mass is 19.4. The molecule has 0 heterocycles. The van der Waals surface area contributed by atoms with Crippen LogP contribution in [-0.2, 0) is 9.53 Å². The predicted molar refractivity (Wildman–Crippen MR) is 62.3 cm³/mol. The van der Waals surface area contributed by atoms with Gasteiger partial charge in [0.05, 0.1) is 13.2 Å². The number of ether oxygens (including phenoxy) is 1. The topological polar surface area (TPSA) is 49.8 Å². The maximum atomic E-state index is 11.2. The molecule has 0 aliphatic carbocycles. The molecular weight excluding hydrogens is 251 g/mol. The van der Waals surface area contributed by atoms with Gasteiger partial charge in [0.2, 0.25) is 0 Å². The monoisotopic (exact) mass is 273 g/mol. The number of halogens is 3. The van der Waals surface area contributed by atoms with Gasteiger partial charge >= 0.3 is 12.3 Å². The molecule has 0 rings (SSSR count). The minimum Gasteiger partial charge on any atom is -0.480 e. The zero-order valence-corrected chi connectivity index (χ0v) is 11.1. The smallest absolute Gasteiger partial charge is 0.480 e. The molecule has 0 saturated heterocycles. The van der Waals surface area contributed by atoms with E-state index >= 15 is 0 Å². The number of alkyl halides is 3. The molecule has 0 fully saturated rings. The molecule has 1 N–H and O–H groups in total. The average Bonchev–Trinajstić information content (AvgIpc) is 2.16. The van der Waals surface area contributed by atoms with Crippen LogP contribution in [0.2, 0.25) is 0 Å². The molecular formula is C11H22F3NO3. The molecule has 18 heavy (non-hydrogen) atoms. The van der Waals surface area contributed by atoms with E-state index in [1.165, 1.54) is 0 Å². The van der Waals surface area contributed by atoms with Gasteiger partial charge in [0.15, 0.2) is 0 Å². The van der Waals surface area contributed by atoms with E-state index in [2.05, 4.69) is 4.74 Å². The van der Waals surface area contributed by atoms with Crippen molar-refractivity contribution in [1.29, 1.82) is 0 Å². The number of aliphatic carboxylic acids is 1. The van der Waals surface area contributed by atoms with Gasteiger partial charge < -0.3 is 5.11 Å². The fourth-order valence-electron chi connectivity index (χ4n) is 1.02. The molecule has 4 nitrogen and oxygen atoms in total. The normalized spacial score (nSPS) is 11.1. The fraction of sp³-hybridized carbons (Fsp3) is 0.909. The fourth-order valence-corrected chi connectivity index (χ4v) is 1.02. The number of carbonyl (C=O) groups is 1. The molecule has 0 aromatic carbocycles. The Hall–Kier alpha value is -0.820. The van der Waals surface area contributed by atoms with Crippen LogP contribution in [0.3, 0.4) is 0 Å². The Morgan fingerprint density at radius 3 is 2.17 bits per heavy atom. The second-order valence-corrected chi connectivity index (χ2v) is 3.78. The highest BCUT2D eigenvalue weighted by Gasteiger charge is 2.28. The van der Waals surface area contributed by atoms with Crippen LogP contribution in [-0.4, -0.2) is 49.1 Å². The summed E-state index contributed by atoms with van der Waals surface area (Å²) in [5, 5.41) is 8.27. The van der Waals surface area contributed by atoms with Crippen molar-refractivity contribution in [3.05, 3.63) is 0 Å². The summed E-state index contributed by atoms with van der Waals surface area (Å²) in [4.78, 5) is 11.8. The minimum atomic E-state index is -4.45. The van der Waals surface area contributed by atoms with Gasteiger partial charge in [-0.2, -0.15) is 0 Å². The van der Waals surface area contributed by atoms with Crippen LogP contribution >= 0.6 is 0 Å². The molecule has 7 heteroatoms. The average molecular weight is 273 g/mol. The van der Waals surface area contributed by atoms with Gasteiger partial charge in [-0.15, -0.1) is 13.2 Å². The maximum Gasteiger partial charge on any atom is 0.522 e. The Labute approximate surface area is 106 Å². The number of carboxylic acid groups (broad SMARTS) is 1. The van der Waals surface area contributed by atoms with E-state index in [1.807, 2.05) is 6.92 Å². The van der Waals surface area contributed by atoms with Crippen molar-refractivity contribution in [2.75, 3.05) is 26.7 Å². The van der Waals surface area contributed by atoms with Crippen LogP contribution in [0.15, 0.2) is 0 Å². The summed E-state index contributed by atoms with van der Waals surface area (Å²) >= 11 is 0. The second kappa shape index (κ2) is 11.3. The molecule has 0 aromatic heterocycles. The number of hydrogen-bond acceptors (Lipinski definition) is 3. The Morgan fingerprint density at radius 1 is 1.28 bits per heavy atom. The van der Waals surface area contributed by atoms with Crippen molar-refractivity contribution in [3.8, 4) is 0 Å². The molecule has 0 unspecified atom stereocenters. The molecule has 0 aromatic rings. The number of likely N-dealkylation sites (N-methyl/N-ethyl adjacent to an activating group) is 1. The zero-order chi connectivity index (χ0) is 14.6. The number of rotatable bonds is 7. The van der Waals surface area contributed by atoms with E-state index in [0.29, 0.717) is 6.42 Å². The Bertz CT molecular complexity index is 210. The van der Waals surface area contributed by atoms with Gasteiger partial charge in [-0.1, -0.05) is 20.3 Å². The molecule has 0 atom stereocenters. The van der Waals surface area contributed by atoms with Gasteiger partial charge in [0.1, 0.15) is 0 Å². The third-order valence-corrected chi connectivity index (χ3v) is 1.77. The predicted octanol–water partition coefficient (Wildman–Crippen LogP) is 2.74. The number of nitrogens with zero attached hydrogens (tertiary/aromatic N) is 1. The van der Waals surface area contributed by atoms with Crippen LogP contribution in [0.1, 0.15) is 33.1 Å². The van der Waals surface area contributed by atoms with E-state index in [4.69, 9.17) is 5.11 Å². The molecule has 0 radical (unpaired) electrons. The second-order valence-electron chi connectivity index (χ2n) is 3.78. The summed E-state index contributed by atoms with van der Waals surface area (Å²) < 4.78 is 36.9. The van der Waals surface area contributed by atoms with Gasteiger partial charge in [-0.3, -0.25) is 14.4 Å². The molecule has 0 spiro atoms. The summed E-state index contributed by atoms with van der Waals surface area (Å²) in [6.45, 7) is 4.61. The van der Waals surface area contributed by atoms with Crippen molar-refractivity contribution < 1.29 is 27.8 Å². The Balaban J connectivity index is 0. The van der Waals surface area contributed by atoms with Crippen LogP contribution in [0.4, 0.5) is 13.2 Å². The molecule has 110 valence electrons. The summed E-state index contributed by atoms with van der Waals surface area (Å²) in [6.07, 6.45) is -2.27. The first-order chi connectivity index (χ1) is 8.22. The standard InChI is InChI=1S/C6H13NO2.C5H9F3O/c1-3-4-7(2)5-6(8)9;1-2-3-4-9-5(6,7)8/h3-5H2,1-2H3,(H,8,9);2-4H2,1H3. The van der Waals surface area contributed by atoms with Crippen LogP contribution in [0.25, 0.3) is 0 Å². The van der Waals surface area contributed by atoms with E-state index in [0.717, 1.165) is 19.4 Å². The quantitative estimate of drug-likeness (QED) is 0.725. The van der Waals surface area contributed by atoms with Crippen LogP contribution in [0, 0.1) is 0 Å². The SMILES string of the molecule is CCCCOC(F)(F)F.CCCN(C)CC(=O)O. The minimum absolute atomic E-state index is 0.147. The van der Waals surface area contributed by atoms with Gasteiger partial charge in [-0.05, 0) is 26.4 Å². The maximum absolute atomic E-state index is 11.2. The van der Waals surface area contributed by atoms with Gasteiger partial charge in [0, 0.05) is 0 Å². The summed E-state index contributed by atoms with van der Waals surface area (Å²) in [7, 11) is 1.80. The molecule has 0 bridgehead atoms. The van der Waals surface area contributed by atoms with Crippen molar-refractivity contribution >= 4 is 5.97 Å². The van der Waals surface area contributed by atoms with Gasteiger partial charge in [0.25, 0.3) is 0 Å². The lowest BCUT2D eigenvalue weighted by atomic mass is 10.4. The highest BCUT2D eigenvalue weighted by Crippen LogP contribution is 2.16. The van der Waals surface area contributed by atoms with Gasteiger partial charge in [-0.25, -0.2) is 0 Å². The largest absolute Gasteiger partial charge is 0.522 e. The highest BCUT2D eigenvalue weighted by molar-refractivity contribution is 5.68. The summed E-state index contributed by atoms with van der Waals surface area (Å²) in [6, 6.07) is 0. The van der Waals surface area contributed by atoms with E-state index in [-0.39, 0.29) is 13.2 Å². The first kappa shape index (κ1) is 19.5. The van der Waals surface area contributed by atoms with E-state index in [1.54, 1.807) is 18.9 Å². The number of carboxylic acids is 1. The molecule has 0 aliphatic rings. The van der Waals surface area contributed by atoms with Crippen molar-refractivity contribution in [3.63, 3.8) is 0 Å². The lowest BCUT2D eigenvalue weighted by Gasteiger charge is -2.10.